The number of hydrogen-bond acceptors (Lipinski definition) is 2. The molecule has 0 bridgehead atoms. The fraction of sp³-hybridized carbons (Fsp3) is 0.333. The molecular formula is C6H7ClO2. The first kappa shape index (κ1) is 8.37. The SMILES string of the molecule is CC(=O)CC=CC(=O)Cl. The average Bonchev–Trinajstić information content (AvgIpc) is 1.63. The van der Waals surface area contributed by atoms with Crippen LogP contribution in [-0.4, -0.2) is 11.0 Å². The predicted molar refractivity (Wildman–Crippen MR) is 35.3 cm³/mol. The van der Waals surface area contributed by atoms with Gasteiger partial charge in [0.1, 0.15) is 5.78 Å². The first-order chi connectivity index (χ1) is 4.13. The summed E-state index contributed by atoms with van der Waals surface area (Å²) in [5, 5.41) is -0.545. The molecule has 0 heterocycles. The van der Waals surface area contributed by atoms with Gasteiger partial charge in [-0.15, -0.1) is 0 Å². The Bertz CT molecular complexity index is 149. The first-order valence-electron chi connectivity index (χ1n) is 2.48. The van der Waals surface area contributed by atoms with Crippen molar-refractivity contribution in [2.24, 2.45) is 0 Å². The van der Waals surface area contributed by atoms with E-state index in [0.717, 1.165) is 0 Å². The maximum atomic E-state index is 10.2. The second-order valence-corrected chi connectivity index (χ2v) is 1.99. The molecule has 0 aliphatic rings. The highest BCUT2D eigenvalue weighted by molar-refractivity contribution is 6.66. The van der Waals surface area contributed by atoms with Crippen molar-refractivity contribution in [3.8, 4) is 0 Å². The Morgan fingerprint density at radius 2 is 2.11 bits per heavy atom. The van der Waals surface area contributed by atoms with Gasteiger partial charge in [0.2, 0.25) is 5.24 Å². The number of rotatable bonds is 3. The molecule has 0 fully saturated rings. The lowest BCUT2D eigenvalue weighted by Crippen LogP contribution is -1.85. The van der Waals surface area contributed by atoms with E-state index in [1.165, 1.54) is 19.1 Å². The van der Waals surface area contributed by atoms with Gasteiger partial charge in [0.15, 0.2) is 0 Å². The third-order valence-corrected chi connectivity index (χ3v) is 0.780. The predicted octanol–water partition coefficient (Wildman–Crippen LogP) is 1.29. The lowest BCUT2D eigenvalue weighted by Gasteiger charge is -1.79. The molecule has 0 unspecified atom stereocenters. The van der Waals surface area contributed by atoms with E-state index >= 15 is 0 Å². The zero-order chi connectivity index (χ0) is 7.28. The topological polar surface area (TPSA) is 34.1 Å². The van der Waals surface area contributed by atoms with Crippen molar-refractivity contribution in [2.75, 3.05) is 0 Å². The fourth-order valence-corrected chi connectivity index (χ4v) is 0.407. The van der Waals surface area contributed by atoms with Crippen LogP contribution in [0.15, 0.2) is 12.2 Å². The summed E-state index contributed by atoms with van der Waals surface area (Å²) in [6, 6.07) is 0. The van der Waals surface area contributed by atoms with Crippen LogP contribution in [0.1, 0.15) is 13.3 Å². The standard InChI is InChI=1S/C6H7ClO2/c1-5(8)3-2-4-6(7)9/h2,4H,3H2,1H3. The van der Waals surface area contributed by atoms with Crippen LogP contribution >= 0.6 is 11.6 Å². The molecule has 9 heavy (non-hydrogen) atoms. The monoisotopic (exact) mass is 146 g/mol. The number of ketones is 1. The van der Waals surface area contributed by atoms with E-state index in [4.69, 9.17) is 11.6 Å². The molecular weight excluding hydrogens is 140 g/mol. The lowest BCUT2D eigenvalue weighted by atomic mass is 10.3. The average molecular weight is 147 g/mol. The van der Waals surface area contributed by atoms with Gasteiger partial charge in [-0.3, -0.25) is 9.59 Å². The Morgan fingerprint density at radius 3 is 2.44 bits per heavy atom. The third-order valence-electron chi connectivity index (χ3n) is 0.654. The Kier molecular flexibility index (Phi) is 3.97. The molecule has 0 rings (SSSR count). The second kappa shape index (κ2) is 4.27. The number of carbonyl (C=O) groups is 2. The van der Waals surface area contributed by atoms with Crippen molar-refractivity contribution in [3.05, 3.63) is 12.2 Å². The molecule has 2 nitrogen and oxygen atoms in total. The maximum Gasteiger partial charge on any atom is 0.244 e. The van der Waals surface area contributed by atoms with Gasteiger partial charge in [-0.25, -0.2) is 0 Å². The zero-order valence-electron chi connectivity index (χ0n) is 5.06. The van der Waals surface area contributed by atoms with Gasteiger partial charge >= 0.3 is 0 Å². The summed E-state index contributed by atoms with van der Waals surface area (Å²) in [5.41, 5.74) is 0. The highest BCUT2D eigenvalue weighted by Crippen LogP contribution is 1.87. The smallest absolute Gasteiger partial charge is 0.244 e. The zero-order valence-corrected chi connectivity index (χ0v) is 5.81. The molecule has 0 aromatic rings. The Balaban J connectivity index is 3.48. The van der Waals surface area contributed by atoms with Gasteiger partial charge in [0.25, 0.3) is 0 Å². The highest BCUT2D eigenvalue weighted by Gasteiger charge is 1.87. The molecule has 3 heteroatoms. The molecule has 0 aromatic carbocycles. The molecule has 0 amide bonds. The van der Waals surface area contributed by atoms with E-state index in [1.54, 1.807) is 0 Å². The van der Waals surface area contributed by atoms with Crippen LogP contribution < -0.4 is 0 Å². The van der Waals surface area contributed by atoms with Crippen LogP contribution in [-0.2, 0) is 9.59 Å². The summed E-state index contributed by atoms with van der Waals surface area (Å²) in [6.45, 7) is 1.45. The molecule has 0 radical (unpaired) electrons. The van der Waals surface area contributed by atoms with Crippen molar-refractivity contribution in [1.29, 1.82) is 0 Å². The normalized spacial score (nSPS) is 10.0. The number of hydrogen-bond donors (Lipinski definition) is 0. The number of allylic oxidation sites excluding steroid dienone is 2. The van der Waals surface area contributed by atoms with Crippen LogP contribution in [0.4, 0.5) is 0 Å². The second-order valence-electron chi connectivity index (χ2n) is 1.61. The maximum absolute atomic E-state index is 10.2. The highest BCUT2D eigenvalue weighted by atomic mass is 35.5. The Labute approximate surface area is 58.5 Å². The van der Waals surface area contributed by atoms with Crippen LogP contribution in [0.3, 0.4) is 0 Å². The summed E-state index contributed by atoms with van der Waals surface area (Å²) >= 11 is 4.92. The van der Waals surface area contributed by atoms with Crippen molar-refractivity contribution < 1.29 is 9.59 Å². The molecule has 0 aliphatic heterocycles. The van der Waals surface area contributed by atoms with Crippen molar-refractivity contribution in [1.82, 2.24) is 0 Å². The Morgan fingerprint density at radius 1 is 1.56 bits per heavy atom. The molecule has 0 atom stereocenters. The van der Waals surface area contributed by atoms with Crippen LogP contribution in [0, 0.1) is 0 Å². The summed E-state index contributed by atoms with van der Waals surface area (Å²) in [4.78, 5) is 20.2. The van der Waals surface area contributed by atoms with E-state index in [0.29, 0.717) is 0 Å². The molecule has 0 saturated carbocycles. The summed E-state index contributed by atoms with van der Waals surface area (Å²) in [6.07, 6.45) is 2.89. The van der Waals surface area contributed by atoms with Crippen LogP contribution in [0.2, 0.25) is 0 Å². The van der Waals surface area contributed by atoms with Crippen LogP contribution in [0.25, 0.3) is 0 Å². The molecule has 0 spiro atoms. The summed E-state index contributed by atoms with van der Waals surface area (Å²) < 4.78 is 0. The van der Waals surface area contributed by atoms with Gasteiger partial charge in [0, 0.05) is 6.42 Å². The van der Waals surface area contributed by atoms with Gasteiger partial charge in [0.05, 0.1) is 0 Å². The lowest BCUT2D eigenvalue weighted by molar-refractivity contribution is -0.116. The minimum Gasteiger partial charge on any atom is -0.300 e. The van der Waals surface area contributed by atoms with Crippen LogP contribution in [0.5, 0.6) is 0 Å². The van der Waals surface area contributed by atoms with Gasteiger partial charge in [-0.2, -0.15) is 0 Å². The molecule has 50 valence electrons. The van der Waals surface area contributed by atoms with Crippen molar-refractivity contribution in [3.63, 3.8) is 0 Å². The minimum atomic E-state index is -0.545. The van der Waals surface area contributed by atoms with E-state index < -0.39 is 5.24 Å². The molecule has 0 aromatic heterocycles. The van der Waals surface area contributed by atoms with E-state index in [1.807, 2.05) is 0 Å². The third kappa shape index (κ3) is 7.37. The number of halogens is 1. The molecule has 0 aliphatic carbocycles. The van der Waals surface area contributed by atoms with Gasteiger partial charge in [-0.1, -0.05) is 6.08 Å². The van der Waals surface area contributed by atoms with E-state index in [2.05, 4.69) is 0 Å². The Hall–Kier alpha value is -0.630. The number of Topliss-reactive ketones (excluding diaryl/α,β-unsaturated/α-hetero) is 1. The quantitative estimate of drug-likeness (QED) is 0.444. The van der Waals surface area contributed by atoms with Crippen molar-refractivity contribution >= 4 is 22.6 Å². The number of carbonyl (C=O) groups excluding carboxylic acids is 2. The molecule has 0 saturated heterocycles. The summed E-state index contributed by atoms with van der Waals surface area (Å²) in [7, 11) is 0. The largest absolute Gasteiger partial charge is 0.300 e. The van der Waals surface area contributed by atoms with E-state index in [-0.39, 0.29) is 12.2 Å². The van der Waals surface area contributed by atoms with E-state index in [9.17, 15) is 9.59 Å². The van der Waals surface area contributed by atoms with Crippen molar-refractivity contribution in [2.45, 2.75) is 13.3 Å². The molecule has 0 N–H and O–H groups in total. The van der Waals surface area contributed by atoms with Gasteiger partial charge < -0.3 is 0 Å². The first-order valence-corrected chi connectivity index (χ1v) is 2.86. The summed E-state index contributed by atoms with van der Waals surface area (Å²) in [5.74, 6) is 0.0177. The minimum absolute atomic E-state index is 0.0177. The van der Waals surface area contributed by atoms with Gasteiger partial charge in [-0.05, 0) is 24.6 Å². The fourth-order valence-electron chi connectivity index (χ4n) is 0.318.